The third-order valence-electron chi connectivity index (χ3n) is 1.93. The maximum atomic E-state index is 11.2. The highest BCUT2D eigenvalue weighted by molar-refractivity contribution is 7.91. The van der Waals surface area contributed by atoms with E-state index < -0.39 is 9.84 Å². The second kappa shape index (κ2) is 4.97. The van der Waals surface area contributed by atoms with E-state index >= 15 is 0 Å². The Hall–Kier alpha value is -1.30. The molecular formula is C9H15N3O2S. The molecule has 1 aromatic heterocycles. The minimum Gasteiger partial charge on any atom is -0.384 e. The van der Waals surface area contributed by atoms with Gasteiger partial charge in [-0.25, -0.2) is 13.4 Å². The largest absolute Gasteiger partial charge is 0.384 e. The lowest BCUT2D eigenvalue weighted by molar-refractivity contribution is 0.597. The van der Waals surface area contributed by atoms with E-state index in [9.17, 15) is 8.42 Å². The van der Waals surface area contributed by atoms with Gasteiger partial charge in [-0.15, -0.1) is 0 Å². The molecule has 0 aliphatic heterocycles. The van der Waals surface area contributed by atoms with Gasteiger partial charge in [0.25, 0.3) is 0 Å². The SMILES string of the molecule is CCS(=O)(=O)CCNc1cccc(N)n1. The van der Waals surface area contributed by atoms with Gasteiger partial charge in [-0.3, -0.25) is 0 Å². The van der Waals surface area contributed by atoms with E-state index in [-0.39, 0.29) is 11.5 Å². The number of rotatable bonds is 5. The van der Waals surface area contributed by atoms with Gasteiger partial charge in [0, 0.05) is 12.3 Å². The smallest absolute Gasteiger partial charge is 0.151 e. The zero-order chi connectivity index (χ0) is 11.3. The van der Waals surface area contributed by atoms with Crippen LogP contribution in [0.5, 0.6) is 0 Å². The van der Waals surface area contributed by atoms with Gasteiger partial charge in [-0.2, -0.15) is 0 Å². The van der Waals surface area contributed by atoms with Crippen LogP contribution in [0.2, 0.25) is 0 Å². The zero-order valence-electron chi connectivity index (χ0n) is 8.60. The molecule has 0 amide bonds. The fraction of sp³-hybridized carbons (Fsp3) is 0.444. The first-order valence-corrected chi connectivity index (χ1v) is 6.52. The van der Waals surface area contributed by atoms with Gasteiger partial charge < -0.3 is 11.1 Å². The monoisotopic (exact) mass is 229 g/mol. The number of aromatic nitrogens is 1. The number of nitrogens with one attached hydrogen (secondary N) is 1. The number of nitrogens with two attached hydrogens (primary N) is 1. The summed E-state index contributed by atoms with van der Waals surface area (Å²) in [6.07, 6.45) is 0. The van der Waals surface area contributed by atoms with Crippen molar-refractivity contribution in [2.45, 2.75) is 6.92 Å². The molecule has 84 valence electrons. The molecular weight excluding hydrogens is 214 g/mol. The summed E-state index contributed by atoms with van der Waals surface area (Å²) in [6.45, 7) is 1.99. The van der Waals surface area contributed by atoms with E-state index in [1.807, 2.05) is 0 Å². The Bertz CT molecular complexity index is 417. The predicted octanol–water partition coefficient (Wildman–Crippen LogP) is 0.510. The Morgan fingerprint density at radius 3 is 2.80 bits per heavy atom. The Morgan fingerprint density at radius 1 is 1.47 bits per heavy atom. The Morgan fingerprint density at radius 2 is 2.20 bits per heavy atom. The molecule has 0 saturated carbocycles. The van der Waals surface area contributed by atoms with Gasteiger partial charge >= 0.3 is 0 Å². The van der Waals surface area contributed by atoms with Crippen LogP contribution in [-0.4, -0.2) is 31.5 Å². The van der Waals surface area contributed by atoms with Crippen LogP contribution in [0, 0.1) is 0 Å². The lowest BCUT2D eigenvalue weighted by Gasteiger charge is -2.05. The van der Waals surface area contributed by atoms with Gasteiger partial charge in [-0.1, -0.05) is 13.0 Å². The van der Waals surface area contributed by atoms with Crippen LogP contribution in [-0.2, 0) is 9.84 Å². The first-order chi connectivity index (χ1) is 7.03. The average molecular weight is 229 g/mol. The van der Waals surface area contributed by atoms with Gasteiger partial charge in [0.1, 0.15) is 11.6 Å². The lowest BCUT2D eigenvalue weighted by Crippen LogP contribution is -2.17. The third-order valence-corrected chi connectivity index (χ3v) is 3.64. The van der Waals surface area contributed by atoms with Gasteiger partial charge in [0.15, 0.2) is 9.84 Å². The summed E-state index contributed by atoms with van der Waals surface area (Å²) >= 11 is 0. The van der Waals surface area contributed by atoms with Crippen LogP contribution < -0.4 is 11.1 Å². The molecule has 5 nitrogen and oxygen atoms in total. The summed E-state index contributed by atoms with van der Waals surface area (Å²) in [4.78, 5) is 3.99. The van der Waals surface area contributed by atoms with Crippen molar-refractivity contribution >= 4 is 21.5 Å². The Kier molecular flexibility index (Phi) is 3.90. The molecule has 6 heteroatoms. The summed E-state index contributed by atoms with van der Waals surface area (Å²) in [5, 5.41) is 2.91. The van der Waals surface area contributed by atoms with Crippen LogP contribution in [0.25, 0.3) is 0 Å². The van der Waals surface area contributed by atoms with Gasteiger partial charge in [-0.05, 0) is 12.1 Å². The Balaban J connectivity index is 2.45. The standard InChI is InChI=1S/C9H15N3O2S/c1-2-15(13,14)7-6-11-9-5-3-4-8(10)12-9/h3-5H,2,6-7H2,1H3,(H3,10,11,12). The zero-order valence-corrected chi connectivity index (χ0v) is 9.42. The maximum absolute atomic E-state index is 11.2. The molecule has 0 aliphatic rings. The van der Waals surface area contributed by atoms with Crippen LogP contribution in [0.1, 0.15) is 6.92 Å². The van der Waals surface area contributed by atoms with E-state index in [4.69, 9.17) is 5.73 Å². The Labute approximate surface area is 89.6 Å². The van der Waals surface area contributed by atoms with Crippen molar-refractivity contribution in [3.8, 4) is 0 Å². The highest BCUT2D eigenvalue weighted by Crippen LogP contribution is 2.05. The molecule has 1 rings (SSSR count). The normalized spacial score (nSPS) is 11.3. The highest BCUT2D eigenvalue weighted by atomic mass is 32.2. The minimum atomic E-state index is -2.92. The summed E-state index contributed by atoms with van der Waals surface area (Å²) in [6, 6.07) is 5.18. The van der Waals surface area contributed by atoms with Crippen molar-refractivity contribution in [1.82, 2.24) is 4.98 Å². The van der Waals surface area contributed by atoms with Crippen molar-refractivity contribution in [3.05, 3.63) is 18.2 Å². The number of pyridine rings is 1. The van der Waals surface area contributed by atoms with E-state index in [2.05, 4.69) is 10.3 Å². The number of hydrogen-bond acceptors (Lipinski definition) is 5. The average Bonchev–Trinajstić information content (AvgIpc) is 2.18. The van der Waals surface area contributed by atoms with Gasteiger partial charge in [0.2, 0.25) is 0 Å². The van der Waals surface area contributed by atoms with Crippen LogP contribution in [0.15, 0.2) is 18.2 Å². The number of anilines is 2. The molecule has 0 aliphatic carbocycles. The van der Waals surface area contributed by atoms with E-state index in [0.717, 1.165) is 0 Å². The summed E-state index contributed by atoms with van der Waals surface area (Å²) < 4.78 is 22.3. The molecule has 0 spiro atoms. The quantitative estimate of drug-likeness (QED) is 0.768. The molecule has 0 atom stereocenters. The first kappa shape index (κ1) is 11.8. The summed E-state index contributed by atoms with van der Waals surface area (Å²) in [5.41, 5.74) is 5.47. The third kappa shape index (κ3) is 4.16. The molecule has 0 aromatic carbocycles. The second-order valence-corrected chi connectivity index (χ2v) is 5.58. The number of nitrogen functional groups attached to an aromatic ring is 1. The topological polar surface area (TPSA) is 85.1 Å². The van der Waals surface area contributed by atoms with E-state index in [1.165, 1.54) is 0 Å². The first-order valence-electron chi connectivity index (χ1n) is 4.70. The number of nitrogens with zero attached hydrogens (tertiary/aromatic N) is 1. The molecule has 15 heavy (non-hydrogen) atoms. The van der Waals surface area contributed by atoms with Crippen molar-refractivity contribution in [1.29, 1.82) is 0 Å². The van der Waals surface area contributed by atoms with E-state index in [1.54, 1.807) is 25.1 Å². The summed E-state index contributed by atoms with van der Waals surface area (Å²) in [5.74, 6) is 1.29. The van der Waals surface area contributed by atoms with Crippen LogP contribution in [0.3, 0.4) is 0 Å². The van der Waals surface area contributed by atoms with Crippen LogP contribution >= 0.6 is 0 Å². The van der Waals surface area contributed by atoms with Crippen molar-refractivity contribution in [2.24, 2.45) is 0 Å². The fourth-order valence-electron chi connectivity index (χ4n) is 1.03. The molecule has 1 heterocycles. The maximum Gasteiger partial charge on any atom is 0.151 e. The van der Waals surface area contributed by atoms with Crippen molar-refractivity contribution in [2.75, 3.05) is 29.1 Å². The fourth-order valence-corrected chi connectivity index (χ4v) is 1.73. The van der Waals surface area contributed by atoms with Crippen molar-refractivity contribution in [3.63, 3.8) is 0 Å². The molecule has 1 aromatic rings. The molecule has 0 bridgehead atoms. The summed E-state index contributed by atoms with van der Waals surface area (Å²) in [7, 11) is -2.92. The lowest BCUT2D eigenvalue weighted by atomic mass is 10.4. The van der Waals surface area contributed by atoms with Crippen molar-refractivity contribution < 1.29 is 8.42 Å². The number of hydrogen-bond donors (Lipinski definition) is 2. The molecule has 0 unspecified atom stereocenters. The van der Waals surface area contributed by atoms with E-state index in [0.29, 0.717) is 18.2 Å². The molecule has 0 fully saturated rings. The van der Waals surface area contributed by atoms with Crippen LogP contribution in [0.4, 0.5) is 11.6 Å². The molecule has 0 saturated heterocycles. The molecule has 0 radical (unpaired) electrons. The minimum absolute atomic E-state index is 0.111. The van der Waals surface area contributed by atoms with Gasteiger partial charge in [0.05, 0.1) is 5.75 Å². The molecule has 3 N–H and O–H groups in total. The predicted molar refractivity (Wildman–Crippen MR) is 61.5 cm³/mol. The second-order valence-electron chi connectivity index (χ2n) is 3.11. The number of sulfone groups is 1. The highest BCUT2D eigenvalue weighted by Gasteiger charge is 2.06.